The van der Waals surface area contributed by atoms with Gasteiger partial charge in [0.2, 0.25) is 0 Å². The molecule has 0 spiro atoms. The van der Waals surface area contributed by atoms with Crippen LogP contribution >= 0.6 is 23.2 Å². The van der Waals surface area contributed by atoms with E-state index < -0.39 is 0 Å². The molecule has 0 amide bonds. The summed E-state index contributed by atoms with van der Waals surface area (Å²) in [7, 11) is 0. The maximum atomic E-state index is 9.98. The van der Waals surface area contributed by atoms with E-state index in [0.29, 0.717) is 10.3 Å². The Kier molecular flexibility index (Phi) is 22.0. The Morgan fingerprint density at radius 3 is 1.14 bits per heavy atom. The van der Waals surface area contributed by atoms with Crippen LogP contribution in [0.25, 0.3) is 0 Å². The van der Waals surface area contributed by atoms with Crippen LogP contribution in [-0.2, 0) is 26.1 Å². The van der Waals surface area contributed by atoms with Crippen molar-refractivity contribution in [1.82, 2.24) is 19.9 Å². The Morgan fingerprint density at radius 2 is 1.07 bits per heavy atom. The van der Waals surface area contributed by atoms with E-state index in [2.05, 4.69) is 19.9 Å². The van der Waals surface area contributed by atoms with Crippen LogP contribution in [0.15, 0.2) is 60.9 Å². The number of halogens is 2. The fourth-order valence-electron chi connectivity index (χ4n) is 1.13. The molecule has 2 aromatic heterocycles. The summed E-state index contributed by atoms with van der Waals surface area (Å²) in [6.45, 7) is 5.39. The van der Waals surface area contributed by atoms with Gasteiger partial charge in [0, 0.05) is 24.8 Å². The first kappa shape index (κ1) is 31.4. The molecule has 0 fully saturated rings. The van der Waals surface area contributed by atoms with E-state index in [-0.39, 0.29) is 39.6 Å². The van der Waals surface area contributed by atoms with Crippen molar-refractivity contribution in [2.45, 2.75) is 27.7 Å². The summed E-state index contributed by atoms with van der Waals surface area (Å²) < 4.78 is 0. The van der Waals surface area contributed by atoms with Crippen LogP contribution in [0, 0.1) is 0 Å². The van der Waals surface area contributed by atoms with Gasteiger partial charge < -0.3 is 10.2 Å². The molecule has 2 rings (SSSR count). The molecule has 11 heteroatoms. The van der Waals surface area contributed by atoms with Crippen LogP contribution < -0.4 is 10.2 Å². The number of allylic oxidation sites excluding steroid dienone is 4. The third-order valence-electron chi connectivity index (χ3n) is 1.88. The Hall–Kier alpha value is -2.35. The number of carbonyl (C=O) groups excluding carboxylic acids is 2. The molecule has 160 valence electrons. The molecule has 0 bridgehead atoms. The first-order chi connectivity index (χ1) is 13.0. The second-order valence-corrected chi connectivity index (χ2v) is 5.56. The van der Waals surface area contributed by atoms with Crippen molar-refractivity contribution >= 4 is 34.8 Å². The Balaban J connectivity index is -0.000000307. The van der Waals surface area contributed by atoms with Crippen molar-refractivity contribution in [3.05, 3.63) is 71.2 Å². The molecule has 2 aromatic rings. The van der Waals surface area contributed by atoms with Crippen LogP contribution in [0.5, 0.6) is 0 Å². The minimum absolute atomic E-state index is 0. The molecule has 0 saturated heterocycles. The van der Waals surface area contributed by atoms with Gasteiger partial charge in [-0.05, 0) is 26.0 Å². The normalized spacial score (nSPS) is 9.72. The van der Waals surface area contributed by atoms with E-state index in [0.717, 1.165) is 12.2 Å². The van der Waals surface area contributed by atoms with Crippen molar-refractivity contribution in [2.75, 3.05) is 0 Å². The van der Waals surface area contributed by atoms with E-state index >= 15 is 0 Å². The van der Waals surface area contributed by atoms with Crippen molar-refractivity contribution in [3.8, 4) is 0 Å². The summed E-state index contributed by atoms with van der Waals surface area (Å²) in [5.41, 5.74) is 0. The zero-order valence-electron chi connectivity index (χ0n) is 16.1. The smallest absolute Gasteiger partial charge is 0.876 e. The van der Waals surface area contributed by atoms with Gasteiger partial charge in [0.25, 0.3) is 0 Å². The van der Waals surface area contributed by atoms with Crippen LogP contribution in [0.4, 0.5) is 0 Å². The first-order valence-corrected chi connectivity index (χ1v) is 8.35. The third kappa shape index (κ3) is 30.6. The average Bonchev–Trinajstić information content (AvgIpc) is 2.55. The van der Waals surface area contributed by atoms with Gasteiger partial charge in [-0.2, -0.15) is 0 Å². The number of carbonyl (C=O) groups is 2. The summed E-state index contributed by atoms with van der Waals surface area (Å²) >= 11 is 10.7. The van der Waals surface area contributed by atoms with Gasteiger partial charge in [-0.3, -0.25) is 19.6 Å². The van der Waals surface area contributed by atoms with Gasteiger partial charge in [-0.25, -0.2) is 9.97 Å². The molecule has 0 unspecified atom stereocenters. The molecular weight excluding hydrogens is 466 g/mol. The predicted octanol–water partition coefficient (Wildman–Crippen LogP) is 1.94. The van der Waals surface area contributed by atoms with Gasteiger partial charge in [-0.1, -0.05) is 37.0 Å². The molecular formula is C18H20Cl2N4NiO4. The van der Waals surface area contributed by atoms with Crippen LogP contribution in [0.3, 0.4) is 0 Å². The van der Waals surface area contributed by atoms with Gasteiger partial charge in [0.05, 0.1) is 12.4 Å². The van der Waals surface area contributed by atoms with E-state index in [1.807, 2.05) is 0 Å². The average molecular weight is 486 g/mol. The number of hydrogen-bond acceptors (Lipinski definition) is 8. The number of ketones is 2. The Morgan fingerprint density at radius 1 is 0.759 bits per heavy atom. The summed E-state index contributed by atoms with van der Waals surface area (Å²) in [6, 6.07) is 0. The second-order valence-electron chi connectivity index (χ2n) is 4.79. The topological polar surface area (TPSA) is 132 Å². The molecule has 29 heavy (non-hydrogen) atoms. The van der Waals surface area contributed by atoms with Crippen LogP contribution in [-0.4, -0.2) is 31.5 Å². The van der Waals surface area contributed by atoms with Crippen molar-refractivity contribution in [3.63, 3.8) is 0 Å². The number of rotatable bonds is 2. The Bertz CT molecular complexity index is 687. The van der Waals surface area contributed by atoms with Crippen molar-refractivity contribution in [1.29, 1.82) is 0 Å². The van der Waals surface area contributed by atoms with Crippen molar-refractivity contribution < 1.29 is 36.3 Å². The second kappa shape index (κ2) is 20.4. The summed E-state index contributed by atoms with van der Waals surface area (Å²) in [6.07, 6.45) is 11.3. The number of hydrogen-bond donors (Lipinski definition) is 0. The van der Waals surface area contributed by atoms with Crippen LogP contribution in [0.2, 0.25) is 10.3 Å². The molecule has 0 saturated carbocycles. The molecule has 0 N–H and O–H groups in total. The Labute approximate surface area is 189 Å². The maximum Gasteiger partial charge on any atom is 2.00 e. The molecule has 0 aliphatic rings. The standard InChI is InChI=1S/2C5H8O2.2C4H3ClN2.Ni/c2*1-4(6)3-5(2)7;2*5-4-3-6-1-2-7-4;/h2*3,6H,1-2H3;2*1-3H;/q;;;;+2/p-2/b2*4-3-;;;. The third-order valence-corrected chi connectivity index (χ3v) is 2.27. The van der Waals surface area contributed by atoms with E-state index in [1.54, 1.807) is 24.8 Å². The molecule has 0 aromatic carbocycles. The quantitative estimate of drug-likeness (QED) is 0.358. The molecule has 0 radical (unpaired) electrons. The zero-order chi connectivity index (χ0) is 21.9. The summed E-state index contributed by atoms with van der Waals surface area (Å²) in [5, 5.41) is 20.8. The zero-order valence-corrected chi connectivity index (χ0v) is 18.6. The maximum absolute atomic E-state index is 9.98. The fourth-order valence-corrected chi connectivity index (χ4v) is 1.36. The van der Waals surface area contributed by atoms with Gasteiger partial charge in [0.1, 0.15) is 10.3 Å². The van der Waals surface area contributed by atoms with E-state index in [1.165, 1.54) is 40.1 Å². The van der Waals surface area contributed by atoms with Gasteiger partial charge >= 0.3 is 16.5 Å². The number of aromatic nitrogens is 4. The van der Waals surface area contributed by atoms with Gasteiger partial charge in [-0.15, -0.1) is 11.5 Å². The monoisotopic (exact) mass is 484 g/mol. The molecule has 0 aliphatic carbocycles. The first-order valence-electron chi connectivity index (χ1n) is 7.59. The van der Waals surface area contributed by atoms with Crippen molar-refractivity contribution in [2.24, 2.45) is 0 Å². The minimum atomic E-state index is -0.187. The molecule has 8 nitrogen and oxygen atoms in total. The molecule has 0 aliphatic heterocycles. The predicted molar refractivity (Wildman–Crippen MR) is 103 cm³/mol. The van der Waals surface area contributed by atoms with Gasteiger partial charge in [0.15, 0.2) is 11.6 Å². The van der Waals surface area contributed by atoms with E-state index in [4.69, 9.17) is 23.2 Å². The van der Waals surface area contributed by atoms with E-state index in [9.17, 15) is 19.8 Å². The SMILES string of the molecule is CC(=O)/C=C(/C)[O-].CC(=O)/C=C(/C)[O-].Clc1cnccn1.Clc1cnccn1.[Ni+2]. The minimum Gasteiger partial charge on any atom is -0.876 e. The molecule has 2 heterocycles. The summed E-state index contributed by atoms with van der Waals surface area (Å²) in [4.78, 5) is 34.7. The largest absolute Gasteiger partial charge is 2.00 e. The summed E-state index contributed by atoms with van der Waals surface area (Å²) in [5.74, 6) is -0.750. The van der Waals surface area contributed by atoms with Crippen LogP contribution in [0.1, 0.15) is 27.7 Å². The molecule has 0 atom stereocenters. The number of nitrogens with zero attached hydrogens (tertiary/aromatic N) is 4. The fraction of sp³-hybridized carbons (Fsp3) is 0.222.